The summed E-state index contributed by atoms with van der Waals surface area (Å²) in [6, 6.07) is 8.98. The Labute approximate surface area is 193 Å². The molecule has 0 aromatic heterocycles. The van der Waals surface area contributed by atoms with Gasteiger partial charge in [-0.25, -0.2) is 0 Å². The average Bonchev–Trinajstić information content (AvgIpc) is 3.51. The number of rotatable bonds is 6. The van der Waals surface area contributed by atoms with E-state index in [9.17, 15) is 4.79 Å². The van der Waals surface area contributed by atoms with Crippen LogP contribution in [0.25, 0.3) is 0 Å². The summed E-state index contributed by atoms with van der Waals surface area (Å²) in [4.78, 5) is 20.0. The molecule has 6 nitrogen and oxygen atoms in total. The molecule has 0 spiro atoms. The molecule has 1 aromatic carbocycles. The van der Waals surface area contributed by atoms with Crippen molar-refractivity contribution >= 4 is 11.9 Å². The topological polar surface area (TPSA) is 66.0 Å². The maximum absolute atomic E-state index is 12.8. The van der Waals surface area contributed by atoms with E-state index in [0.717, 1.165) is 77.5 Å². The molecule has 4 rings (SSSR count). The van der Waals surface area contributed by atoms with Crippen LogP contribution in [0.3, 0.4) is 0 Å². The molecule has 3 aliphatic rings. The minimum absolute atomic E-state index is 0.0199. The number of nitrogens with one attached hydrogen (secondary N) is 2. The molecule has 2 aliphatic heterocycles. The van der Waals surface area contributed by atoms with E-state index in [0.29, 0.717) is 5.91 Å². The maximum atomic E-state index is 12.8. The van der Waals surface area contributed by atoms with Crippen molar-refractivity contribution < 1.29 is 9.53 Å². The molecule has 1 aliphatic carbocycles. The minimum Gasteiger partial charge on any atom is -0.381 e. The quantitative estimate of drug-likeness (QED) is 0.526. The Morgan fingerprint density at radius 3 is 2.66 bits per heavy atom. The lowest BCUT2D eigenvalue weighted by molar-refractivity contribution is -0.134. The fourth-order valence-corrected chi connectivity index (χ4v) is 5.70. The van der Waals surface area contributed by atoms with Gasteiger partial charge in [-0.2, -0.15) is 0 Å². The zero-order chi connectivity index (χ0) is 22.4. The standard InChI is InChI=1S/C26H40N4O2/c1-3-27-25(29-22-12-15-30(18-22)24(31)21-9-5-6-10-21)28-19-26(13-16-32-17-14-26)23-11-7-4-8-20(23)2/h4,7-8,11,21-22H,3,5-6,9-10,12-19H2,1-2H3,(H2,27,28,29). The Morgan fingerprint density at radius 2 is 1.94 bits per heavy atom. The molecule has 1 atom stereocenters. The normalized spacial score (nSPS) is 24.0. The molecule has 32 heavy (non-hydrogen) atoms. The van der Waals surface area contributed by atoms with Gasteiger partial charge in [0.2, 0.25) is 5.91 Å². The molecule has 1 amide bonds. The average molecular weight is 441 g/mol. The van der Waals surface area contributed by atoms with Crippen molar-refractivity contribution in [1.82, 2.24) is 15.5 Å². The van der Waals surface area contributed by atoms with Crippen molar-refractivity contribution in [2.45, 2.75) is 70.3 Å². The van der Waals surface area contributed by atoms with Gasteiger partial charge in [0.15, 0.2) is 5.96 Å². The first-order valence-electron chi connectivity index (χ1n) is 12.6. The van der Waals surface area contributed by atoms with E-state index in [4.69, 9.17) is 9.73 Å². The maximum Gasteiger partial charge on any atom is 0.225 e. The number of carbonyl (C=O) groups excluding carboxylic acids is 1. The van der Waals surface area contributed by atoms with Crippen molar-refractivity contribution in [2.24, 2.45) is 10.9 Å². The van der Waals surface area contributed by atoms with Gasteiger partial charge in [0.25, 0.3) is 0 Å². The van der Waals surface area contributed by atoms with Crippen LogP contribution in [0, 0.1) is 12.8 Å². The molecule has 3 fully saturated rings. The van der Waals surface area contributed by atoms with Crippen molar-refractivity contribution in [1.29, 1.82) is 0 Å². The fraction of sp³-hybridized carbons (Fsp3) is 0.692. The first kappa shape index (κ1) is 23.1. The SMILES string of the molecule is CCNC(=NCC1(c2ccccc2C)CCOCC1)NC1CCN(C(=O)C2CCCC2)C1. The summed E-state index contributed by atoms with van der Waals surface area (Å²) >= 11 is 0. The van der Waals surface area contributed by atoms with Gasteiger partial charge >= 0.3 is 0 Å². The largest absolute Gasteiger partial charge is 0.381 e. The summed E-state index contributed by atoms with van der Waals surface area (Å²) in [5.74, 6) is 1.50. The van der Waals surface area contributed by atoms with Gasteiger partial charge in [-0.05, 0) is 57.1 Å². The van der Waals surface area contributed by atoms with Crippen LogP contribution < -0.4 is 10.6 Å². The number of nitrogens with zero attached hydrogens (tertiary/aromatic N) is 2. The van der Waals surface area contributed by atoms with E-state index in [1.807, 2.05) is 0 Å². The smallest absolute Gasteiger partial charge is 0.225 e. The van der Waals surface area contributed by atoms with Crippen LogP contribution in [0.5, 0.6) is 0 Å². The third kappa shape index (κ3) is 5.28. The summed E-state index contributed by atoms with van der Waals surface area (Å²) in [7, 11) is 0. The molecule has 176 valence electrons. The number of guanidine groups is 1. The number of carbonyl (C=O) groups is 1. The van der Waals surface area contributed by atoms with Crippen LogP contribution in [-0.2, 0) is 14.9 Å². The van der Waals surface area contributed by atoms with Crippen LogP contribution in [-0.4, -0.2) is 62.2 Å². The Bertz CT molecular complexity index is 797. The molecule has 6 heteroatoms. The fourth-order valence-electron chi connectivity index (χ4n) is 5.70. The Morgan fingerprint density at radius 1 is 1.19 bits per heavy atom. The zero-order valence-corrected chi connectivity index (χ0v) is 19.9. The van der Waals surface area contributed by atoms with Crippen molar-refractivity contribution in [3.05, 3.63) is 35.4 Å². The van der Waals surface area contributed by atoms with Gasteiger partial charge in [0.1, 0.15) is 0 Å². The number of amides is 1. The number of aryl methyl sites for hydroxylation is 1. The molecular weight excluding hydrogens is 400 g/mol. The summed E-state index contributed by atoms with van der Waals surface area (Å²) in [5.41, 5.74) is 2.75. The van der Waals surface area contributed by atoms with E-state index in [-0.39, 0.29) is 17.4 Å². The van der Waals surface area contributed by atoms with E-state index in [2.05, 4.69) is 53.6 Å². The second-order valence-corrected chi connectivity index (χ2v) is 9.80. The van der Waals surface area contributed by atoms with Gasteiger partial charge in [-0.15, -0.1) is 0 Å². The molecule has 2 heterocycles. The van der Waals surface area contributed by atoms with Crippen LogP contribution >= 0.6 is 0 Å². The van der Waals surface area contributed by atoms with Crippen molar-refractivity contribution in [2.75, 3.05) is 39.4 Å². The van der Waals surface area contributed by atoms with Crippen molar-refractivity contribution in [3.63, 3.8) is 0 Å². The molecule has 0 radical (unpaired) electrons. The molecule has 1 unspecified atom stereocenters. The number of benzene rings is 1. The summed E-state index contributed by atoms with van der Waals surface area (Å²) < 4.78 is 5.71. The molecule has 2 saturated heterocycles. The highest BCUT2D eigenvalue weighted by molar-refractivity contribution is 5.81. The monoisotopic (exact) mass is 440 g/mol. The minimum atomic E-state index is 0.0199. The van der Waals surface area contributed by atoms with Crippen LogP contribution in [0.2, 0.25) is 0 Å². The van der Waals surface area contributed by atoms with E-state index >= 15 is 0 Å². The Balaban J connectivity index is 1.43. The van der Waals surface area contributed by atoms with Gasteiger partial charge in [-0.1, -0.05) is 37.1 Å². The van der Waals surface area contributed by atoms with E-state index in [1.165, 1.54) is 24.0 Å². The second kappa shape index (κ2) is 10.7. The van der Waals surface area contributed by atoms with Crippen LogP contribution in [0.15, 0.2) is 29.3 Å². The first-order chi connectivity index (χ1) is 15.6. The van der Waals surface area contributed by atoms with Crippen LogP contribution in [0.4, 0.5) is 0 Å². The summed E-state index contributed by atoms with van der Waals surface area (Å²) in [6.45, 7) is 9.09. The highest BCUT2D eigenvalue weighted by Gasteiger charge is 2.36. The number of ether oxygens (including phenoxy) is 1. The first-order valence-corrected chi connectivity index (χ1v) is 12.6. The van der Waals surface area contributed by atoms with Crippen molar-refractivity contribution in [3.8, 4) is 0 Å². The van der Waals surface area contributed by atoms with Gasteiger partial charge in [-0.3, -0.25) is 9.79 Å². The summed E-state index contributed by atoms with van der Waals surface area (Å²) in [5, 5.41) is 7.06. The highest BCUT2D eigenvalue weighted by atomic mass is 16.5. The third-order valence-corrected chi connectivity index (χ3v) is 7.60. The Hall–Kier alpha value is -2.08. The predicted octanol–water partition coefficient (Wildman–Crippen LogP) is 3.39. The summed E-state index contributed by atoms with van der Waals surface area (Å²) in [6.07, 6.45) is 7.53. The molecule has 1 aromatic rings. The number of likely N-dealkylation sites (tertiary alicyclic amines) is 1. The van der Waals surface area contributed by atoms with E-state index in [1.54, 1.807) is 0 Å². The number of hydrogen-bond acceptors (Lipinski definition) is 3. The molecular formula is C26H40N4O2. The lowest BCUT2D eigenvalue weighted by atomic mass is 9.72. The number of aliphatic imine (C=N–C) groups is 1. The zero-order valence-electron chi connectivity index (χ0n) is 19.9. The Kier molecular flexibility index (Phi) is 7.71. The van der Waals surface area contributed by atoms with E-state index < -0.39 is 0 Å². The lowest BCUT2D eigenvalue weighted by Crippen LogP contribution is -2.46. The highest BCUT2D eigenvalue weighted by Crippen LogP contribution is 2.37. The molecule has 0 bridgehead atoms. The molecule has 1 saturated carbocycles. The third-order valence-electron chi connectivity index (χ3n) is 7.60. The molecule has 2 N–H and O–H groups in total. The second-order valence-electron chi connectivity index (χ2n) is 9.80. The van der Waals surface area contributed by atoms with Crippen LogP contribution in [0.1, 0.15) is 63.0 Å². The van der Waals surface area contributed by atoms with Gasteiger partial charge in [0.05, 0.1) is 6.54 Å². The van der Waals surface area contributed by atoms with Gasteiger partial charge < -0.3 is 20.3 Å². The van der Waals surface area contributed by atoms with Gasteiger partial charge in [0, 0.05) is 50.2 Å². The lowest BCUT2D eigenvalue weighted by Gasteiger charge is -2.37. The number of hydrogen-bond donors (Lipinski definition) is 2. The predicted molar refractivity (Wildman–Crippen MR) is 129 cm³/mol.